The van der Waals surface area contributed by atoms with Crippen molar-refractivity contribution >= 4 is 44.2 Å². The molecule has 0 aliphatic carbocycles. The number of nitrogens with one attached hydrogen (secondary N) is 1. The third kappa shape index (κ3) is 4.42. The van der Waals surface area contributed by atoms with Gasteiger partial charge < -0.3 is 4.74 Å². The molecule has 8 nitrogen and oxygen atoms in total. The minimum atomic E-state index is -3.71. The van der Waals surface area contributed by atoms with Crippen LogP contribution in [-0.2, 0) is 10.0 Å². The maximum absolute atomic E-state index is 12.9. The number of ether oxygens (including phenoxy) is 1. The molecule has 11 heteroatoms. The van der Waals surface area contributed by atoms with E-state index in [-0.39, 0.29) is 16.2 Å². The Morgan fingerprint density at radius 3 is 2.74 bits per heavy atom. The zero-order valence-corrected chi connectivity index (χ0v) is 17.4. The van der Waals surface area contributed by atoms with Gasteiger partial charge in [-0.3, -0.25) is 10.1 Å². The molecule has 1 aliphatic rings. The number of carbonyl (C=O) groups is 1. The fourth-order valence-electron chi connectivity index (χ4n) is 2.70. The van der Waals surface area contributed by atoms with Crippen molar-refractivity contribution in [3.05, 3.63) is 23.8 Å². The second-order valence-corrected chi connectivity index (χ2v) is 10.1. The molecule has 1 aliphatic heterocycles. The van der Waals surface area contributed by atoms with Crippen LogP contribution < -0.4 is 10.1 Å². The van der Waals surface area contributed by atoms with Crippen molar-refractivity contribution in [1.82, 2.24) is 14.5 Å². The minimum Gasteiger partial charge on any atom is -0.495 e. The first kappa shape index (κ1) is 20.1. The van der Waals surface area contributed by atoms with Crippen molar-refractivity contribution in [2.24, 2.45) is 0 Å². The predicted molar refractivity (Wildman–Crippen MR) is 105 cm³/mol. The number of methoxy groups -OCH3 is 1. The average Bonchev–Trinajstić information content (AvgIpc) is 3.34. The molecule has 1 amide bonds. The number of amides is 1. The first-order valence-corrected chi connectivity index (χ1v) is 11.7. The number of hydrogen-bond acceptors (Lipinski definition) is 8. The van der Waals surface area contributed by atoms with Gasteiger partial charge >= 0.3 is 0 Å². The number of thioether (sulfide) groups is 1. The lowest BCUT2D eigenvalue weighted by molar-refractivity contribution is 0.102. The van der Waals surface area contributed by atoms with E-state index in [1.54, 1.807) is 0 Å². The summed E-state index contributed by atoms with van der Waals surface area (Å²) in [7, 11) is -2.30. The highest BCUT2D eigenvalue weighted by molar-refractivity contribution is 8.01. The van der Waals surface area contributed by atoms with E-state index >= 15 is 0 Å². The normalized spacial score (nSPS) is 15.0. The second kappa shape index (κ2) is 8.55. The molecule has 1 N–H and O–H groups in total. The summed E-state index contributed by atoms with van der Waals surface area (Å²) in [5.41, 5.74) is 0.216. The highest BCUT2D eigenvalue weighted by atomic mass is 32.2. The average molecular weight is 429 g/mol. The molecular formula is C16H20N4O4S3. The van der Waals surface area contributed by atoms with Crippen LogP contribution in [0.4, 0.5) is 5.13 Å². The van der Waals surface area contributed by atoms with Gasteiger partial charge in [-0.05, 0) is 36.8 Å². The number of benzene rings is 1. The van der Waals surface area contributed by atoms with Crippen LogP contribution in [0.2, 0.25) is 0 Å². The molecule has 0 atom stereocenters. The van der Waals surface area contributed by atoms with Crippen molar-refractivity contribution in [3.8, 4) is 5.75 Å². The van der Waals surface area contributed by atoms with E-state index in [1.807, 2.05) is 6.92 Å². The van der Waals surface area contributed by atoms with Gasteiger partial charge in [0.15, 0.2) is 4.34 Å². The predicted octanol–water partition coefficient (Wildman–Crippen LogP) is 2.70. The van der Waals surface area contributed by atoms with E-state index in [4.69, 9.17) is 4.74 Å². The van der Waals surface area contributed by atoms with Crippen LogP contribution in [-0.4, -0.2) is 54.8 Å². The molecule has 0 spiro atoms. The number of hydrogen-bond donors (Lipinski definition) is 1. The van der Waals surface area contributed by atoms with E-state index in [0.717, 1.165) is 22.9 Å². The van der Waals surface area contributed by atoms with Gasteiger partial charge in [0, 0.05) is 18.7 Å². The lowest BCUT2D eigenvalue weighted by atomic mass is 10.2. The summed E-state index contributed by atoms with van der Waals surface area (Å²) in [6.07, 6.45) is 1.66. The monoisotopic (exact) mass is 428 g/mol. The molecular weight excluding hydrogens is 408 g/mol. The Morgan fingerprint density at radius 2 is 2.07 bits per heavy atom. The van der Waals surface area contributed by atoms with Crippen molar-refractivity contribution in [2.45, 2.75) is 29.0 Å². The topological polar surface area (TPSA) is 101 Å². The van der Waals surface area contributed by atoms with Gasteiger partial charge in [-0.2, -0.15) is 4.31 Å². The van der Waals surface area contributed by atoms with Gasteiger partial charge in [-0.1, -0.05) is 30.0 Å². The van der Waals surface area contributed by atoms with Crippen LogP contribution in [0.25, 0.3) is 0 Å². The number of anilines is 1. The summed E-state index contributed by atoms with van der Waals surface area (Å²) in [6, 6.07) is 4.38. The minimum absolute atomic E-state index is 0.000888. The zero-order valence-electron chi connectivity index (χ0n) is 15.0. The third-order valence-electron chi connectivity index (χ3n) is 4.00. The molecule has 0 saturated carbocycles. The third-order valence-corrected chi connectivity index (χ3v) is 7.78. The highest BCUT2D eigenvalue weighted by Gasteiger charge is 2.30. The molecule has 1 aromatic heterocycles. The second-order valence-electron chi connectivity index (χ2n) is 5.74. The number of rotatable bonds is 7. The SMILES string of the molecule is CCSc1nnc(NC(=O)c2ccc(OC)c(S(=O)(=O)N3CCCC3)c2)s1. The summed E-state index contributed by atoms with van der Waals surface area (Å²) in [6.45, 7) is 2.96. The van der Waals surface area contributed by atoms with Crippen LogP contribution in [0.15, 0.2) is 27.4 Å². The lowest BCUT2D eigenvalue weighted by Crippen LogP contribution is -2.28. The Labute approximate surface area is 166 Å². The fourth-order valence-corrected chi connectivity index (χ4v) is 6.04. The first-order valence-electron chi connectivity index (χ1n) is 8.41. The van der Waals surface area contributed by atoms with Crippen molar-refractivity contribution in [1.29, 1.82) is 0 Å². The molecule has 3 rings (SSSR count). The van der Waals surface area contributed by atoms with E-state index in [0.29, 0.717) is 18.2 Å². The van der Waals surface area contributed by atoms with Gasteiger partial charge in [0.05, 0.1) is 7.11 Å². The molecule has 0 bridgehead atoms. The number of carbonyl (C=O) groups excluding carboxylic acids is 1. The van der Waals surface area contributed by atoms with Crippen LogP contribution >= 0.6 is 23.1 Å². The number of sulfonamides is 1. The van der Waals surface area contributed by atoms with Crippen LogP contribution in [0.3, 0.4) is 0 Å². The zero-order chi connectivity index (χ0) is 19.4. The van der Waals surface area contributed by atoms with Crippen molar-refractivity contribution in [2.75, 3.05) is 31.3 Å². The van der Waals surface area contributed by atoms with Crippen LogP contribution in [0.5, 0.6) is 5.75 Å². The van der Waals surface area contributed by atoms with Crippen molar-refractivity contribution in [3.63, 3.8) is 0 Å². The summed E-state index contributed by atoms with van der Waals surface area (Å²) >= 11 is 2.81. The smallest absolute Gasteiger partial charge is 0.257 e. The first-order chi connectivity index (χ1) is 13.0. The molecule has 1 fully saturated rings. The molecule has 27 heavy (non-hydrogen) atoms. The quantitative estimate of drug-likeness (QED) is 0.534. The standard InChI is InChI=1S/C16H20N4O4S3/c1-3-25-16-19-18-15(26-16)17-14(21)11-6-7-12(24-2)13(10-11)27(22,23)20-8-4-5-9-20/h6-7,10H,3-5,8-9H2,1-2H3,(H,17,18,21). The molecule has 2 aromatic rings. The summed E-state index contributed by atoms with van der Waals surface area (Å²) in [4.78, 5) is 12.6. The Kier molecular flexibility index (Phi) is 6.35. The number of nitrogens with zero attached hydrogens (tertiary/aromatic N) is 3. The van der Waals surface area contributed by atoms with E-state index < -0.39 is 15.9 Å². The summed E-state index contributed by atoms with van der Waals surface area (Å²) in [5, 5.41) is 11.0. The molecule has 0 unspecified atom stereocenters. The van der Waals surface area contributed by atoms with Crippen LogP contribution in [0, 0.1) is 0 Å². The Bertz CT molecular complexity index is 923. The van der Waals surface area contributed by atoms with Gasteiger partial charge in [-0.25, -0.2) is 8.42 Å². The Morgan fingerprint density at radius 1 is 1.33 bits per heavy atom. The van der Waals surface area contributed by atoms with Gasteiger partial charge in [0.1, 0.15) is 10.6 Å². The molecule has 1 saturated heterocycles. The van der Waals surface area contributed by atoms with E-state index in [9.17, 15) is 13.2 Å². The van der Waals surface area contributed by atoms with Gasteiger partial charge in [-0.15, -0.1) is 10.2 Å². The molecule has 2 heterocycles. The molecule has 146 valence electrons. The van der Waals surface area contributed by atoms with Gasteiger partial charge in [0.25, 0.3) is 5.91 Å². The van der Waals surface area contributed by atoms with E-state index in [2.05, 4.69) is 15.5 Å². The maximum Gasteiger partial charge on any atom is 0.257 e. The summed E-state index contributed by atoms with van der Waals surface area (Å²) in [5.74, 6) is 0.634. The maximum atomic E-state index is 12.9. The molecule has 0 radical (unpaired) electrons. The number of aromatic nitrogens is 2. The van der Waals surface area contributed by atoms with E-state index in [1.165, 1.54) is 52.7 Å². The van der Waals surface area contributed by atoms with Gasteiger partial charge in [0.2, 0.25) is 15.2 Å². The fraction of sp³-hybridized carbons (Fsp3) is 0.438. The Hall–Kier alpha value is -1.69. The highest BCUT2D eigenvalue weighted by Crippen LogP contribution is 2.30. The van der Waals surface area contributed by atoms with Crippen molar-refractivity contribution < 1.29 is 17.9 Å². The Balaban J connectivity index is 1.86. The lowest BCUT2D eigenvalue weighted by Gasteiger charge is -2.18. The molecule has 1 aromatic carbocycles. The largest absolute Gasteiger partial charge is 0.495 e. The van der Waals surface area contributed by atoms with Crippen LogP contribution in [0.1, 0.15) is 30.1 Å². The summed E-state index contributed by atoms with van der Waals surface area (Å²) < 4.78 is 33.2.